The van der Waals surface area contributed by atoms with Crippen LogP contribution in [0.5, 0.6) is 0 Å². The smallest absolute Gasteiger partial charge is 0.178 e. The molecule has 0 unspecified atom stereocenters. The van der Waals surface area contributed by atoms with E-state index in [-0.39, 0.29) is 0 Å². The molecule has 0 aliphatic carbocycles. The first kappa shape index (κ1) is 23.1. The van der Waals surface area contributed by atoms with Crippen molar-refractivity contribution in [1.29, 1.82) is 0 Å². The summed E-state index contributed by atoms with van der Waals surface area (Å²) < 4.78 is 0. The number of nitrogens with zero attached hydrogens (tertiary/aromatic N) is 1. The van der Waals surface area contributed by atoms with Crippen LogP contribution >= 0.6 is 0 Å². The van der Waals surface area contributed by atoms with Crippen molar-refractivity contribution in [2.24, 2.45) is 0 Å². The van der Waals surface area contributed by atoms with Crippen LogP contribution in [0.4, 0.5) is 5.69 Å². The lowest BCUT2D eigenvalue weighted by Gasteiger charge is -2.24. The zero-order valence-corrected chi connectivity index (χ0v) is 18.1. The lowest BCUT2D eigenvalue weighted by atomic mass is 9.91. The Hall–Kier alpha value is -2.14. The molecule has 0 radical (unpaired) electrons. The second kappa shape index (κ2) is 10.6. The molecule has 0 saturated carbocycles. The molecule has 0 aliphatic rings. The van der Waals surface area contributed by atoms with Crippen molar-refractivity contribution < 1.29 is 15.3 Å². The summed E-state index contributed by atoms with van der Waals surface area (Å²) in [6.45, 7) is 6.93. The molecule has 158 valence electrons. The highest BCUT2D eigenvalue weighted by Gasteiger charge is 2.20. The zero-order chi connectivity index (χ0) is 21.4. The Bertz CT molecular complexity index is 792. The molecule has 29 heavy (non-hydrogen) atoms. The van der Waals surface area contributed by atoms with Crippen molar-refractivity contribution in [2.75, 3.05) is 11.9 Å². The fourth-order valence-corrected chi connectivity index (χ4v) is 3.43. The number of aliphatic hydroxyl groups is 3. The maximum absolute atomic E-state index is 10.5. The fourth-order valence-electron chi connectivity index (χ4n) is 3.43. The first-order valence-corrected chi connectivity index (χ1v) is 10.4. The van der Waals surface area contributed by atoms with Crippen LogP contribution in [0.1, 0.15) is 69.4 Å². The molecule has 0 heterocycles. The van der Waals surface area contributed by atoms with E-state index in [0.717, 1.165) is 43.5 Å². The summed E-state index contributed by atoms with van der Waals surface area (Å²) in [6.07, 6.45) is 4.01. The quantitative estimate of drug-likeness (QED) is 0.492. The monoisotopic (exact) mass is 397 g/mol. The molecular weight excluding hydrogens is 362 g/mol. The molecular formula is C25H35NO3. The largest absolute Gasteiger partial charge is 0.390 e. The molecule has 0 spiro atoms. The Morgan fingerprint density at radius 3 is 2.31 bits per heavy atom. The van der Waals surface area contributed by atoms with E-state index in [9.17, 15) is 15.3 Å². The molecule has 0 amide bonds. The molecule has 0 aliphatic heterocycles. The SMILES string of the molecule is CCC(O)(CC)CCC=C(C)c1cccc(N(C)Cc2ccc(C(O)O)cc2)c1. The Morgan fingerprint density at radius 2 is 1.72 bits per heavy atom. The minimum Gasteiger partial charge on any atom is -0.390 e. The topological polar surface area (TPSA) is 63.9 Å². The van der Waals surface area contributed by atoms with Crippen LogP contribution < -0.4 is 4.90 Å². The van der Waals surface area contributed by atoms with E-state index in [4.69, 9.17) is 0 Å². The molecule has 0 aromatic heterocycles. The summed E-state index contributed by atoms with van der Waals surface area (Å²) in [7, 11) is 2.05. The molecule has 0 bridgehead atoms. The Balaban J connectivity index is 2.04. The van der Waals surface area contributed by atoms with Crippen molar-refractivity contribution in [1.82, 2.24) is 0 Å². The number of hydrogen-bond donors (Lipinski definition) is 3. The summed E-state index contributed by atoms with van der Waals surface area (Å²) in [5.41, 5.74) is 4.58. The second-order valence-electron chi connectivity index (χ2n) is 7.88. The van der Waals surface area contributed by atoms with Gasteiger partial charge in [0, 0.05) is 24.8 Å². The van der Waals surface area contributed by atoms with Crippen LogP contribution in [0.3, 0.4) is 0 Å². The predicted octanol–water partition coefficient (Wildman–Crippen LogP) is 5.04. The molecule has 2 rings (SSSR count). The van der Waals surface area contributed by atoms with Crippen molar-refractivity contribution in [3.05, 3.63) is 71.3 Å². The third kappa shape index (κ3) is 6.70. The van der Waals surface area contributed by atoms with Gasteiger partial charge in [-0.15, -0.1) is 0 Å². The Labute approximate surface area is 175 Å². The van der Waals surface area contributed by atoms with Gasteiger partial charge >= 0.3 is 0 Å². The molecule has 2 aromatic rings. The maximum Gasteiger partial charge on any atom is 0.178 e. The molecule has 0 atom stereocenters. The average Bonchev–Trinajstić information content (AvgIpc) is 2.74. The van der Waals surface area contributed by atoms with Crippen molar-refractivity contribution >= 4 is 11.3 Å². The van der Waals surface area contributed by atoms with E-state index in [1.165, 1.54) is 11.1 Å². The van der Waals surface area contributed by atoms with Gasteiger partial charge in [0.25, 0.3) is 0 Å². The van der Waals surface area contributed by atoms with Gasteiger partial charge in [0.1, 0.15) is 0 Å². The maximum atomic E-state index is 10.5. The van der Waals surface area contributed by atoms with E-state index in [1.807, 2.05) is 26.0 Å². The number of anilines is 1. The molecule has 2 aromatic carbocycles. The van der Waals surface area contributed by atoms with Gasteiger partial charge in [0.15, 0.2) is 6.29 Å². The van der Waals surface area contributed by atoms with E-state index in [2.05, 4.69) is 49.2 Å². The third-order valence-electron chi connectivity index (χ3n) is 5.82. The van der Waals surface area contributed by atoms with E-state index in [1.54, 1.807) is 12.1 Å². The summed E-state index contributed by atoms with van der Waals surface area (Å²) in [5.74, 6) is 0. The zero-order valence-electron chi connectivity index (χ0n) is 18.1. The van der Waals surface area contributed by atoms with Crippen LogP contribution in [-0.2, 0) is 6.54 Å². The van der Waals surface area contributed by atoms with Gasteiger partial charge in [-0.2, -0.15) is 0 Å². The van der Waals surface area contributed by atoms with Crippen LogP contribution in [0.2, 0.25) is 0 Å². The first-order valence-electron chi connectivity index (χ1n) is 10.4. The van der Waals surface area contributed by atoms with Crippen LogP contribution in [0, 0.1) is 0 Å². The number of allylic oxidation sites excluding steroid dienone is 2. The van der Waals surface area contributed by atoms with Gasteiger partial charge in [-0.05, 0) is 61.4 Å². The predicted molar refractivity (Wildman–Crippen MR) is 121 cm³/mol. The molecule has 0 fully saturated rings. The highest BCUT2D eigenvalue weighted by Crippen LogP contribution is 2.25. The van der Waals surface area contributed by atoms with Gasteiger partial charge < -0.3 is 20.2 Å². The van der Waals surface area contributed by atoms with Crippen LogP contribution in [-0.4, -0.2) is 28.0 Å². The summed E-state index contributed by atoms with van der Waals surface area (Å²) in [5, 5.41) is 28.9. The van der Waals surface area contributed by atoms with E-state index >= 15 is 0 Å². The standard InChI is InChI=1S/C25H35NO3/c1-5-25(29,6-2)16-8-9-19(3)22-10-7-11-23(17-22)26(4)18-20-12-14-21(15-13-20)24(27)28/h7,9-15,17,24,27-29H,5-6,8,16,18H2,1-4H3. The number of rotatable bonds is 10. The molecule has 0 saturated heterocycles. The van der Waals surface area contributed by atoms with Crippen LogP contribution in [0.25, 0.3) is 5.57 Å². The van der Waals surface area contributed by atoms with Gasteiger partial charge in [0.2, 0.25) is 0 Å². The van der Waals surface area contributed by atoms with Gasteiger partial charge in [0.05, 0.1) is 5.60 Å². The summed E-state index contributed by atoms with van der Waals surface area (Å²) in [4.78, 5) is 2.17. The summed E-state index contributed by atoms with van der Waals surface area (Å²) >= 11 is 0. The normalized spacial score (nSPS) is 12.5. The lowest BCUT2D eigenvalue weighted by Crippen LogP contribution is -2.25. The van der Waals surface area contributed by atoms with E-state index in [0.29, 0.717) is 5.56 Å². The van der Waals surface area contributed by atoms with Gasteiger partial charge in [-0.25, -0.2) is 0 Å². The number of benzene rings is 2. The highest BCUT2D eigenvalue weighted by molar-refractivity contribution is 5.67. The third-order valence-corrected chi connectivity index (χ3v) is 5.82. The Morgan fingerprint density at radius 1 is 1.07 bits per heavy atom. The fraction of sp³-hybridized carbons (Fsp3) is 0.440. The number of hydrogen-bond acceptors (Lipinski definition) is 4. The minimum atomic E-state index is -1.43. The highest BCUT2D eigenvalue weighted by atomic mass is 16.5. The molecule has 3 N–H and O–H groups in total. The lowest BCUT2D eigenvalue weighted by molar-refractivity contribution is -0.0424. The van der Waals surface area contributed by atoms with Crippen molar-refractivity contribution in [3.8, 4) is 0 Å². The van der Waals surface area contributed by atoms with Gasteiger partial charge in [-0.1, -0.05) is 56.3 Å². The molecule has 4 nitrogen and oxygen atoms in total. The Kier molecular flexibility index (Phi) is 8.45. The summed E-state index contributed by atoms with van der Waals surface area (Å²) in [6, 6.07) is 15.8. The van der Waals surface area contributed by atoms with Crippen molar-refractivity contribution in [2.45, 2.75) is 64.9 Å². The average molecular weight is 398 g/mol. The molecule has 4 heteroatoms. The van der Waals surface area contributed by atoms with E-state index < -0.39 is 11.9 Å². The minimum absolute atomic E-state index is 0.497. The van der Waals surface area contributed by atoms with Gasteiger partial charge in [-0.3, -0.25) is 0 Å². The van der Waals surface area contributed by atoms with Crippen molar-refractivity contribution in [3.63, 3.8) is 0 Å². The van der Waals surface area contributed by atoms with Crippen LogP contribution in [0.15, 0.2) is 54.6 Å². The second-order valence-corrected chi connectivity index (χ2v) is 7.88. The first-order chi connectivity index (χ1) is 13.8. The number of aliphatic hydroxyl groups excluding tert-OH is 1.